The number of nitro benzene ring substituents is 1. The third kappa shape index (κ3) is 4.13. The molecule has 2 fully saturated rings. The standard InChI is InChI=1S/C18H25N3O5/c1-25-18(22)15-10-14(21(23)24)4-5-16(15)19-11-17(13-6-9-26-12-13)20-7-2-3-8-20/h4-5,10,13,17,19H,2-3,6-9,11-12H2,1H3/t13-,17-/m0/s1. The van der Waals surface area contributed by atoms with E-state index in [-0.39, 0.29) is 11.3 Å². The van der Waals surface area contributed by atoms with Crippen LogP contribution in [0.2, 0.25) is 0 Å². The molecule has 1 aromatic rings. The summed E-state index contributed by atoms with van der Waals surface area (Å²) < 4.78 is 10.4. The largest absolute Gasteiger partial charge is 0.465 e. The van der Waals surface area contributed by atoms with Crippen molar-refractivity contribution >= 4 is 17.3 Å². The highest BCUT2D eigenvalue weighted by atomic mass is 16.6. The van der Waals surface area contributed by atoms with Crippen LogP contribution in [0.3, 0.4) is 0 Å². The lowest BCUT2D eigenvalue weighted by atomic mass is 9.97. The van der Waals surface area contributed by atoms with Crippen LogP contribution in [-0.4, -0.2) is 61.8 Å². The van der Waals surface area contributed by atoms with E-state index in [0.29, 0.717) is 24.2 Å². The molecule has 26 heavy (non-hydrogen) atoms. The first kappa shape index (κ1) is 18.6. The van der Waals surface area contributed by atoms with Gasteiger partial charge in [0.2, 0.25) is 0 Å². The molecule has 142 valence electrons. The van der Waals surface area contributed by atoms with Crippen molar-refractivity contribution in [2.75, 3.05) is 45.3 Å². The van der Waals surface area contributed by atoms with Gasteiger partial charge >= 0.3 is 5.97 Å². The third-order valence-corrected chi connectivity index (χ3v) is 5.24. The molecule has 0 aromatic heterocycles. The van der Waals surface area contributed by atoms with E-state index in [1.807, 2.05) is 0 Å². The molecule has 8 heteroatoms. The van der Waals surface area contributed by atoms with E-state index in [1.165, 1.54) is 32.1 Å². The molecule has 0 radical (unpaired) electrons. The van der Waals surface area contributed by atoms with Crippen molar-refractivity contribution in [2.24, 2.45) is 5.92 Å². The van der Waals surface area contributed by atoms with E-state index >= 15 is 0 Å². The molecule has 1 N–H and O–H groups in total. The van der Waals surface area contributed by atoms with Crippen LogP contribution in [0.15, 0.2) is 18.2 Å². The monoisotopic (exact) mass is 363 g/mol. The molecule has 2 aliphatic rings. The number of anilines is 1. The van der Waals surface area contributed by atoms with Gasteiger partial charge in [0.25, 0.3) is 5.69 Å². The van der Waals surface area contributed by atoms with Gasteiger partial charge < -0.3 is 14.8 Å². The first-order valence-corrected chi connectivity index (χ1v) is 9.02. The molecule has 2 aliphatic heterocycles. The lowest BCUT2D eigenvalue weighted by Crippen LogP contribution is -2.44. The van der Waals surface area contributed by atoms with Crippen LogP contribution in [-0.2, 0) is 9.47 Å². The number of methoxy groups -OCH3 is 1. The van der Waals surface area contributed by atoms with E-state index in [2.05, 4.69) is 10.2 Å². The van der Waals surface area contributed by atoms with Gasteiger partial charge in [-0.1, -0.05) is 0 Å². The SMILES string of the molecule is COC(=O)c1cc([N+](=O)[O-])ccc1NC[C@@H]([C@H]1CCOC1)N1CCCC1. The van der Waals surface area contributed by atoms with E-state index < -0.39 is 10.9 Å². The average Bonchev–Trinajstić information content (AvgIpc) is 3.35. The van der Waals surface area contributed by atoms with Crippen molar-refractivity contribution in [3.05, 3.63) is 33.9 Å². The summed E-state index contributed by atoms with van der Waals surface area (Å²) in [6.07, 6.45) is 3.44. The molecule has 0 aliphatic carbocycles. The van der Waals surface area contributed by atoms with Crippen LogP contribution in [0.4, 0.5) is 11.4 Å². The van der Waals surface area contributed by atoms with Gasteiger partial charge in [-0.3, -0.25) is 15.0 Å². The molecule has 2 heterocycles. The minimum Gasteiger partial charge on any atom is -0.465 e. The molecule has 8 nitrogen and oxygen atoms in total. The van der Waals surface area contributed by atoms with E-state index in [9.17, 15) is 14.9 Å². The fourth-order valence-corrected chi connectivity index (χ4v) is 3.82. The number of nitro groups is 1. The number of rotatable bonds is 7. The van der Waals surface area contributed by atoms with Gasteiger partial charge in [-0.15, -0.1) is 0 Å². The third-order valence-electron chi connectivity index (χ3n) is 5.24. The predicted molar refractivity (Wildman–Crippen MR) is 96.4 cm³/mol. The number of hydrogen-bond donors (Lipinski definition) is 1. The average molecular weight is 363 g/mol. The summed E-state index contributed by atoms with van der Waals surface area (Å²) in [5.74, 6) is -0.127. The fraction of sp³-hybridized carbons (Fsp3) is 0.611. The highest BCUT2D eigenvalue weighted by Crippen LogP contribution is 2.27. The van der Waals surface area contributed by atoms with Gasteiger partial charge in [0.1, 0.15) is 0 Å². The highest BCUT2D eigenvalue weighted by Gasteiger charge is 2.32. The van der Waals surface area contributed by atoms with Crippen LogP contribution in [0.25, 0.3) is 0 Å². The van der Waals surface area contributed by atoms with Gasteiger partial charge in [-0.2, -0.15) is 0 Å². The molecule has 0 unspecified atom stereocenters. The minimum absolute atomic E-state index is 0.128. The number of carbonyl (C=O) groups is 1. The summed E-state index contributed by atoms with van der Waals surface area (Å²) in [6.45, 7) is 4.36. The van der Waals surface area contributed by atoms with E-state index in [0.717, 1.165) is 32.7 Å². The Morgan fingerprint density at radius 2 is 2.23 bits per heavy atom. The van der Waals surface area contributed by atoms with Crippen molar-refractivity contribution in [2.45, 2.75) is 25.3 Å². The molecule has 3 rings (SSSR count). The van der Waals surface area contributed by atoms with Crippen LogP contribution in [0, 0.1) is 16.0 Å². The van der Waals surface area contributed by atoms with Gasteiger partial charge in [0.15, 0.2) is 0 Å². The Balaban J connectivity index is 1.77. The summed E-state index contributed by atoms with van der Waals surface area (Å²) in [6, 6.07) is 4.56. The number of non-ortho nitro benzene ring substituents is 1. The Labute approximate surface area is 152 Å². The van der Waals surface area contributed by atoms with Gasteiger partial charge in [-0.05, 0) is 38.4 Å². The van der Waals surface area contributed by atoms with Crippen LogP contribution >= 0.6 is 0 Å². The summed E-state index contributed by atoms with van der Waals surface area (Å²) in [7, 11) is 1.27. The molecule has 2 atom stereocenters. The van der Waals surface area contributed by atoms with Crippen LogP contribution in [0.1, 0.15) is 29.6 Å². The Morgan fingerprint density at radius 3 is 2.85 bits per heavy atom. The number of likely N-dealkylation sites (tertiary alicyclic amines) is 1. The minimum atomic E-state index is -0.585. The predicted octanol–water partition coefficient (Wildman–Crippen LogP) is 2.29. The number of hydrogen-bond acceptors (Lipinski definition) is 7. The molecular weight excluding hydrogens is 338 g/mol. The summed E-state index contributed by atoms with van der Waals surface area (Å²) in [4.78, 5) is 25.0. The number of nitrogens with one attached hydrogen (secondary N) is 1. The topological polar surface area (TPSA) is 93.9 Å². The maximum absolute atomic E-state index is 12.1. The van der Waals surface area contributed by atoms with Crippen LogP contribution in [0.5, 0.6) is 0 Å². The first-order chi connectivity index (χ1) is 12.6. The lowest BCUT2D eigenvalue weighted by molar-refractivity contribution is -0.384. The summed E-state index contributed by atoms with van der Waals surface area (Å²) >= 11 is 0. The van der Waals surface area contributed by atoms with Crippen molar-refractivity contribution in [3.8, 4) is 0 Å². The number of nitrogens with zero attached hydrogens (tertiary/aromatic N) is 2. The molecule has 0 amide bonds. The van der Waals surface area contributed by atoms with Gasteiger partial charge in [-0.25, -0.2) is 4.79 Å². The van der Waals surface area contributed by atoms with Gasteiger partial charge in [0, 0.05) is 42.9 Å². The Kier molecular flexibility index (Phi) is 6.05. The maximum atomic E-state index is 12.1. The zero-order valence-electron chi connectivity index (χ0n) is 15.0. The zero-order valence-corrected chi connectivity index (χ0v) is 15.0. The van der Waals surface area contributed by atoms with Gasteiger partial charge in [0.05, 0.1) is 24.2 Å². The van der Waals surface area contributed by atoms with E-state index in [1.54, 1.807) is 6.07 Å². The molecule has 1 aromatic carbocycles. The Bertz CT molecular complexity index is 638. The van der Waals surface area contributed by atoms with E-state index in [4.69, 9.17) is 9.47 Å². The quantitative estimate of drug-likeness (QED) is 0.451. The Hall–Kier alpha value is -2.19. The fourth-order valence-electron chi connectivity index (χ4n) is 3.82. The first-order valence-electron chi connectivity index (χ1n) is 9.02. The van der Waals surface area contributed by atoms with Crippen LogP contribution < -0.4 is 5.32 Å². The molecule has 0 saturated carbocycles. The van der Waals surface area contributed by atoms with Crippen molar-refractivity contribution < 1.29 is 19.2 Å². The number of ether oxygens (including phenoxy) is 2. The van der Waals surface area contributed by atoms with Crippen molar-refractivity contribution in [1.29, 1.82) is 0 Å². The second-order valence-corrected chi connectivity index (χ2v) is 6.79. The number of benzene rings is 1. The Morgan fingerprint density at radius 1 is 1.46 bits per heavy atom. The van der Waals surface area contributed by atoms with Crippen molar-refractivity contribution in [1.82, 2.24) is 4.90 Å². The molecular formula is C18H25N3O5. The number of carbonyl (C=O) groups excluding carboxylic acids is 1. The maximum Gasteiger partial charge on any atom is 0.340 e. The zero-order chi connectivity index (χ0) is 18.5. The lowest BCUT2D eigenvalue weighted by Gasteiger charge is -2.32. The molecule has 2 saturated heterocycles. The summed E-state index contributed by atoms with van der Waals surface area (Å²) in [5, 5.41) is 14.3. The molecule has 0 spiro atoms. The summed E-state index contributed by atoms with van der Waals surface area (Å²) in [5.41, 5.74) is 0.617. The second kappa shape index (κ2) is 8.46. The smallest absolute Gasteiger partial charge is 0.340 e. The highest BCUT2D eigenvalue weighted by molar-refractivity contribution is 5.96. The number of esters is 1. The second-order valence-electron chi connectivity index (χ2n) is 6.79. The molecule has 0 bridgehead atoms. The van der Waals surface area contributed by atoms with Crippen molar-refractivity contribution in [3.63, 3.8) is 0 Å². The normalized spacial score (nSPS) is 21.5.